The molecular weight excluding hydrogens is 234 g/mol. The van der Waals surface area contributed by atoms with Gasteiger partial charge in [-0.05, 0) is 31.9 Å². The number of nitrogens with one attached hydrogen (secondary N) is 1. The lowest BCUT2D eigenvalue weighted by atomic mass is 10.1. The van der Waals surface area contributed by atoms with Crippen LogP contribution in [0.15, 0.2) is 42.7 Å². The molecule has 0 aliphatic carbocycles. The molecule has 1 N–H and O–H groups in total. The van der Waals surface area contributed by atoms with Gasteiger partial charge in [-0.1, -0.05) is 37.3 Å². The highest BCUT2D eigenvalue weighted by molar-refractivity contribution is 5.14. The molecule has 19 heavy (non-hydrogen) atoms. The van der Waals surface area contributed by atoms with Crippen molar-refractivity contribution in [3.05, 3.63) is 53.9 Å². The Kier molecular flexibility index (Phi) is 5.16. The number of aromatic nitrogens is 2. The molecule has 0 spiro atoms. The fraction of sp³-hybridized carbons (Fsp3) is 0.438. The topological polar surface area (TPSA) is 29.9 Å². The number of rotatable bonds is 7. The van der Waals surface area contributed by atoms with E-state index in [0.29, 0.717) is 6.04 Å². The molecule has 2 rings (SSSR count). The minimum Gasteiger partial charge on any atom is -0.310 e. The van der Waals surface area contributed by atoms with Crippen molar-refractivity contribution in [3.8, 4) is 0 Å². The second kappa shape index (κ2) is 7.10. The molecule has 0 aliphatic rings. The molecule has 0 saturated heterocycles. The molecule has 102 valence electrons. The molecule has 0 amide bonds. The van der Waals surface area contributed by atoms with Crippen LogP contribution in [0.25, 0.3) is 0 Å². The van der Waals surface area contributed by atoms with Crippen LogP contribution in [0.4, 0.5) is 0 Å². The van der Waals surface area contributed by atoms with Gasteiger partial charge >= 0.3 is 0 Å². The molecule has 1 heterocycles. The van der Waals surface area contributed by atoms with Crippen LogP contribution in [0.2, 0.25) is 0 Å². The first-order valence-corrected chi connectivity index (χ1v) is 7.09. The van der Waals surface area contributed by atoms with Crippen molar-refractivity contribution in [2.75, 3.05) is 6.54 Å². The summed E-state index contributed by atoms with van der Waals surface area (Å²) in [6.45, 7) is 6.27. The van der Waals surface area contributed by atoms with Crippen LogP contribution in [0.5, 0.6) is 0 Å². The first-order valence-electron chi connectivity index (χ1n) is 7.09. The van der Waals surface area contributed by atoms with Gasteiger partial charge in [0.1, 0.15) is 0 Å². The third-order valence-corrected chi connectivity index (χ3v) is 3.36. The van der Waals surface area contributed by atoms with Gasteiger partial charge in [-0.3, -0.25) is 4.68 Å². The molecule has 1 aromatic heterocycles. The van der Waals surface area contributed by atoms with Crippen LogP contribution in [-0.4, -0.2) is 16.3 Å². The molecule has 3 heteroatoms. The smallest absolute Gasteiger partial charge is 0.0537 e. The van der Waals surface area contributed by atoms with E-state index in [-0.39, 0.29) is 0 Å². The molecule has 3 nitrogen and oxygen atoms in total. The van der Waals surface area contributed by atoms with E-state index in [1.807, 2.05) is 10.9 Å². The molecular formula is C16H23N3. The number of benzene rings is 1. The Balaban J connectivity index is 1.80. The number of hydrogen-bond donors (Lipinski definition) is 1. The van der Waals surface area contributed by atoms with Crippen molar-refractivity contribution in [2.45, 2.75) is 39.3 Å². The zero-order chi connectivity index (χ0) is 13.5. The van der Waals surface area contributed by atoms with Gasteiger partial charge in [-0.25, -0.2) is 0 Å². The van der Waals surface area contributed by atoms with Gasteiger partial charge in [0.25, 0.3) is 0 Å². The summed E-state index contributed by atoms with van der Waals surface area (Å²) >= 11 is 0. The Morgan fingerprint density at radius 3 is 2.79 bits per heavy atom. The average Bonchev–Trinajstić information content (AvgIpc) is 2.89. The minimum absolute atomic E-state index is 0.382. The fourth-order valence-electron chi connectivity index (χ4n) is 2.24. The SMILES string of the molecule is CCNC(C)c1cnn(CCCc2ccccc2)c1. The van der Waals surface area contributed by atoms with Crippen molar-refractivity contribution in [1.29, 1.82) is 0 Å². The molecule has 0 saturated carbocycles. The fourth-order valence-corrected chi connectivity index (χ4v) is 2.24. The maximum absolute atomic E-state index is 4.43. The molecule has 0 radical (unpaired) electrons. The summed E-state index contributed by atoms with van der Waals surface area (Å²) < 4.78 is 2.05. The van der Waals surface area contributed by atoms with Crippen molar-refractivity contribution >= 4 is 0 Å². The van der Waals surface area contributed by atoms with Crippen molar-refractivity contribution in [3.63, 3.8) is 0 Å². The van der Waals surface area contributed by atoms with E-state index in [9.17, 15) is 0 Å². The average molecular weight is 257 g/mol. The zero-order valence-corrected chi connectivity index (χ0v) is 11.8. The third kappa shape index (κ3) is 4.21. The van der Waals surface area contributed by atoms with E-state index >= 15 is 0 Å². The molecule has 1 atom stereocenters. The van der Waals surface area contributed by atoms with Gasteiger partial charge in [0, 0.05) is 24.3 Å². The predicted octanol–water partition coefficient (Wildman–Crippen LogP) is 3.19. The minimum atomic E-state index is 0.382. The van der Waals surface area contributed by atoms with Gasteiger partial charge in [0.05, 0.1) is 6.20 Å². The Hall–Kier alpha value is -1.61. The van der Waals surface area contributed by atoms with Crippen molar-refractivity contribution in [2.24, 2.45) is 0 Å². The molecule has 0 bridgehead atoms. The van der Waals surface area contributed by atoms with Gasteiger partial charge < -0.3 is 5.32 Å². The summed E-state index contributed by atoms with van der Waals surface area (Å²) in [5.74, 6) is 0. The highest BCUT2D eigenvalue weighted by Crippen LogP contribution is 2.11. The standard InChI is InChI=1S/C16H23N3/c1-3-17-14(2)16-12-18-19(13-16)11-7-10-15-8-5-4-6-9-15/h4-6,8-9,12-14,17H,3,7,10-11H2,1-2H3. The Bertz CT molecular complexity index is 476. The second-order valence-corrected chi connectivity index (χ2v) is 4.91. The van der Waals surface area contributed by atoms with E-state index in [1.165, 1.54) is 11.1 Å². The maximum Gasteiger partial charge on any atom is 0.0537 e. The lowest BCUT2D eigenvalue weighted by molar-refractivity contribution is 0.572. The van der Waals surface area contributed by atoms with Crippen LogP contribution in [0, 0.1) is 0 Å². The quantitative estimate of drug-likeness (QED) is 0.825. The highest BCUT2D eigenvalue weighted by atomic mass is 15.3. The van der Waals surface area contributed by atoms with E-state index in [0.717, 1.165) is 25.9 Å². The lowest BCUT2D eigenvalue weighted by Crippen LogP contribution is -2.17. The number of aryl methyl sites for hydroxylation is 2. The van der Waals surface area contributed by atoms with E-state index < -0.39 is 0 Å². The van der Waals surface area contributed by atoms with Crippen molar-refractivity contribution < 1.29 is 0 Å². The zero-order valence-electron chi connectivity index (χ0n) is 11.8. The Labute approximate surface area is 115 Å². The third-order valence-electron chi connectivity index (χ3n) is 3.36. The predicted molar refractivity (Wildman–Crippen MR) is 79.1 cm³/mol. The summed E-state index contributed by atoms with van der Waals surface area (Å²) in [6, 6.07) is 11.0. The second-order valence-electron chi connectivity index (χ2n) is 4.91. The molecule has 0 fully saturated rings. The van der Waals surface area contributed by atoms with Crippen LogP contribution >= 0.6 is 0 Å². The van der Waals surface area contributed by atoms with E-state index in [1.54, 1.807) is 0 Å². The summed E-state index contributed by atoms with van der Waals surface area (Å²) in [4.78, 5) is 0. The Morgan fingerprint density at radius 2 is 2.05 bits per heavy atom. The molecule has 2 aromatic rings. The van der Waals surface area contributed by atoms with Crippen molar-refractivity contribution in [1.82, 2.24) is 15.1 Å². The summed E-state index contributed by atoms with van der Waals surface area (Å²) in [5, 5.41) is 7.83. The maximum atomic E-state index is 4.43. The number of hydrogen-bond acceptors (Lipinski definition) is 2. The lowest BCUT2D eigenvalue weighted by Gasteiger charge is -2.08. The molecule has 1 unspecified atom stereocenters. The summed E-state index contributed by atoms with van der Waals surface area (Å²) in [6.07, 6.45) is 6.35. The van der Waals surface area contributed by atoms with Crippen LogP contribution in [-0.2, 0) is 13.0 Å². The van der Waals surface area contributed by atoms with Crippen LogP contribution < -0.4 is 5.32 Å². The molecule has 0 aliphatic heterocycles. The van der Waals surface area contributed by atoms with Gasteiger partial charge in [0.2, 0.25) is 0 Å². The van der Waals surface area contributed by atoms with Gasteiger partial charge in [-0.2, -0.15) is 5.10 Å². The summed E-state index contributed by atoms with van der Waals surface area (Å²) in [7, 11) is 0. The number of nitrogens with zero attached hydrogens (tertiary/aromatic N) is 2. The van der Waals surface area contributed by atoms with E-state index in [2.05, 4.69) is 60.8 Å². The van der Waals surface area contributed by atoms with Gasteiger partial charge in [-0.15, -0.1) is 0 Å². The van der Waals surface area contributed by atoms with Crippen LogP contribution in [0.1, 0.15) is 37.4 Å². The largest absolute Gasteiger partial charge is 0.310 e. The first kappa shape index (κ1) is 13.8. The van der Waals surface area contributed by atoms with Gasteiger partial charge in [0.15, 0.2) is 0 Å². The van der Waals surface area contributed by atoms with Crippen LogP contribution in [0.3, 0.4) is 0 Å². The normalized spacial score (nSPS) is 12.5. The summed E-state index contributed by atoms with van der Waals surface area (Å²) in [5.41, 5.74) is 2.66. The first-order chi connectivity index (χ1) is 9.29. The highest BCUT2D eigenvalue weighted by Gasteiger charge is 2.06. The molecule has 1 aromatic carbocycles. The Morgan fingerprint density at radius 1 is 1.26 bits per heavy atom. The van der Waals surface area contributed by atoms with E-state index in [4.69, 9.17) is 0 Å². The monoisotopic (exact) mass is 257 g/mol.